The maximum absolute atomic E-state index is 11.9. The van der Waals surface area contributed by atoms with Gasteiger partial charge in [-0.2, -0.15) is 0 Å². The van der Waals surface area contributed by atoms with E-state index in [1.54, 1.807) is 0 Å². The monoisotopic (exact) mass is 310 g/mol. The first-order chi connectivity index (χ1) is 8.45. The molecule has 1 atom stereocenters. The minimum absolute atomic E-state index is 0.257. The van der Waals surface area contributed by atoms with Crippen LogP contribution in [0.15, 0.2) is 22.7 Å². The average molecular weight is 311 g/mol. The van der Waals surface area contributed by atoms with E-state index in [0.717, 1.165) is 22.3 Å². The number of hydrogen-bond donors (Lipinski definition) is 1. The van der Waals surface area contributed by atoms with Crippen LogP contribution in [0.1, 0.15) is 25.8 Å². The van der Waals surface area contributed by atoms with E-state index in [1.807, 2.05) is 23.1 Å². The minimum Gasteiger partial charge on any atom is -0.399 e. The average Bonchev–Trinajstić information content (AvgIpc) is 2.59. The summed E-state index contributed by atoms with van der Waals surface area (Å²) in [5, 5.41) is 0. The largest absolute Gasteiger partial charge is 0.399 e. The van der Waals surface area contributed by atoms with Crippen LogP contribution in [-0.4, -0.2) is 17.4 Å². The number of benzene rings is 1. The molecule has 2 N–H and O–H groups in total. The highest BCUT2D eigenvalue weighted by atomic mass is 79.9. The van der Waals surface area contributed by atoms with Crippen LogP contribution < -0.4 is 5.73 Å². The molecular weight excluding hydrogens is 292 g/mol. The van der Waals surface area contributed by atoms with Gasteiger partial charge in [0.05, 0.1) is 0 Å². The van der Waals surface area contributed by atoms with Crippen LogP contribution in [0.2, 0.25) is 0 Å². The Morgan fingerprint density at radius 2 is 2.17 bits per heavy atom. The normalized spacial score (nSPS) is 19.9. The molecule has 1 aromatic rings. The molecule has 3 nitrogen and oxygen atoms in total. The molecule has 1 amide bonds. The van der Waals surface area contributed by atoms with Crippen molar-refractivity contribution < 1.29 is 4.79 Å². The number of nitrogen functional groups attached to an aromatic ring is 1. The lowest BCUT2D eigenvalue weighted by atomic mass is 9.95. The van der Waals surface area contributed by atoms with Gasteiger partial charge in [-0.05, 0) is 35.6 Å². The summed E-state index contributed by atoms with van der Waals surface area (Å²) in [4.78, 5) is 13.9. The smallest absolute Gasteiger partial charge is 0.223 e. The molecule has 1 aliphatic heterocycles. The highest BCUT2D eigenvalue weighted by Crippen LogP contribution is 2.27. The molecule has 4 heteroatoms. The molecular formula is C14H19BrN2O. The fourth-order valence-corrected chi connectivity index (χ4v) is 2.95. The van der Waals surface area contributed by atoms with E-state index in [-0.39, 0.29) is 5.91 Å². The number of hydrogen-bond acceptors (Lipinski definition) is 2. The highest BCUT2D eigenvalue weighted by molar-refractivity contribution is 9.10. The van der Waals surface area contributed by atoms with E-state index in [2.05, 4.69) is 29.8 Å². The molecule has 0 spiro atoms. The van der Waals surface area contributed by atoms with Crippen molar-refractivity contribution in [3.63, 3.8) is 0 Å². The van der Waals surface area contributed by atoms with Crippen LogP contribution in [-0.2, 0) is 11.3 Å². The fourth-order valence-electron chi connectivity index (χ4n) is 2.39. The Balaban J connectivity index is 2.08. The first-order valence-corrected chi connectivity index (χ1v) is 7.07. The Hall–Kier alpha value is -1.03. The second-order valence-corrected chi connectivity index (χ2v) is 6.29. The zero-order chi connectivity index (χ0) is 13.3. The van der Waals surface area contributed by atoms with Gasteiger partial charge in [-0.3, -0.25) is 4.79 Å². The van der Waals surface area contributed by atoms with E-state index >= 15 is 0 Å². The summed E-state index contributed by atoms with van der Waals surface area (Å²) in [6, 6.07) is 5.82. The van der Waals surface area contributed by atoms with Crippen molar-refractivity contribution >= 4 is 27.5 Å². The Kier molecular flexibility index (Phi) is 3.95. The third-order valence-electron chi connectivity index (χ3n) is 3.54. The van der Waals surface area contributed by atoms with Crippen LogP contribution in [0.25, 0.3) is 0 Å². The van der Waals surface area contributed by atoms with Crippen LogP contribution in [0.5, 0.6) is 0 Å². The summed E-state index contributed by atoms with van der Waals surface area (Å²) in [6.45, 7) is 5.88. The maximum Gasteiger partial charge on any atom is 0.223 e. The van der Waals surface area contributed by atoms with Gasteiger partial charge in [-0.25, -0.2) is 0 Å². The van der Waals surface area contributed by atoms with Gasteiger partial charge in [-0.15, -0.1) is 0 Å². The first-order valence-electron chi connectivity index (χ1n) is 6.28. The standard InChI is InChI=1S/C14H19BrN2O/c1-9(2)11-5-14(18)17(8-11)7-10-3-12(15)6-13(16)4-10/h3-4,6,9,11H,5,7-8,16H2,1-2H3. The molecule has 18 heavy (non-hydrogen) atoms. The maximum atomic E-state index is 11.9. The highest BCUT2D eigenvalue weighted by Gasteiger charge is 2.31. The molecule has 1 fully saturated rings. The predicted octanol–water partition coefficient (Wildman–Crippen LogP) is 3.04. The summed E-state index contributed by atoms with van der Waals surface area (Å²) in [6.07, 6.45) is 0.682. The lowest BCUT2D eigenvalue weighted by molar-refractivity contribution is -0.128. The molecule has 1 heterocycles. The van der Waals surface area contributed by atoms with Crippen molar-refractivity contribution in [1.82, 2.24) is 4.90 Å². The number of amides is 1. The molecule has 0 radical (unpaired) electrons. The van der Waals surface area contributed by atoms with E-state index in [1.165, 1.54) is 0 Å². The summed E-state index contributed by atoms with van der Waals surface area (Å²) < 4.78 is 0.963. The molecule has 0 aliphatic carbocycles. The number of rotatable bonds is 3. The zero-order valence-electron chi connectivity index (χ0n) is 10.8. The molecule has 1 saturated heterocycles. The number of likely N-dealkylation sites (tertiary alicyclic amines) is 1. The van der Waals surface area contributed by atoms with Gasteiger partial charge in [0.2, 0.25) is 5.91 Å². The van der Waals surface area contributed by atoms with Gasteiger partial charge < -0.3 is 10.6 Å². The second kappa shape index (κ2) is 5.31. The van der Waals surface area contributed by atoms with Crippen molar-refractivity contribution in [2.24, 2.45) is 11.8 Å². The van der Waals surface area contributed by atoms with Crippen molar-refractivity contribution in [3.05, 3.63) is 28.2 Å². The third-order valence-corrected chi connectivity index (χ3v) is 4.00. The van der Waals surface area contributed by atoms with Crippen molar-refractivity contribution in [2.45, 2.75) is 26.8 Å². The predicted molar refractivity (Wildman–Crippen MR) is 76.9 cm³/mol. The van der Waals surface area contributed by atoms with Crippen LogP contribution in [0.4, 0.5) is 5.69 Å². The van der Waals surface area contributed by atoms with E-state index in [4.69, 9.17) is 5.73 Å². The quantitative estimate of drug-likeness (QED) is 0.872. The van der Waals surface area contributed by atoms with Gasteiger partial charge in [0.1, 0.15) is 0 Å². The second-order valence-electron chi connectivity index (χ2n) is 5.38. The van der Waals surface area contributed by atoms with Crippen molar-refractivity contribution in [2.75, 3.05) is 12.3 Å². The topological polar surface area (TPSA) is 46.3 Å². The third kappa shape index (κ3) is 3.05. The molecule has 1 unspecified atom stereocenters. The van der Waals surface area contributed by atoms with E-state index in [9.17, 15) is 4.79 Å². The molecule has 0 bridgehead atoms. The Labute approximate surface area is 116 Å². The molecule has 0 saturated carbocycles. The SMILES string of the molecule is CC(C)C1CC(=O)N(Cc2cc(N)cc(Br)c2)C1. The van der Waals surface area contributed by atoms with Gasteiger partial charge in [0.15, 0.2) is 0 Å². The number of nitrogens with two attached hydrogens (primary N) is 1. The van der Waals surface area contributed by atoms with Crippen molar-refractivity contribution in [1.29, 1.82) is 0 Å². The number of carbonyl (C=O) groups excluding carboxylic acids is 1. The number of halogens is 1. The molecule has 98 valence electrons. The molecule has 0 aromatic heterocycles. The van der Waals surface area contributed by atoms with E-state index < -0.39 is 0 Å². The van der Waals surface area contributed by atoms with Gasteiger partial charge >= 0.3 is 0 Å². The molecule has 1 aromatic carbocycles. The summed E-state index contributed by atoms with van der Waals surface area (Å²) in [5.41, 5.74) is 7.62. The fraction of sp³-hybridized carbons (Fsp3) is 0.500. The van der Waals surface area contributed by atoms with E-state index in [0.29, 0.717) is 24.8 Å². The molecule has 1 aliphatic rings. The van der Waals surface area contributed by atoms with Gasteiger partial charge in [-0.1, -0.05) is 29.8 Å². The van der Waals surface area contributed by atoms with Crippen molar-refractivity contribution in [3.8, 4) is 0 Å². The zero-order valence-corrected chi connectivity index (χ0v) is 12.4. The summed E-state index contributed by atoms with van der Waals surface area (Å²) in [5.74, 6) is 1.31. The Morgan fingerprint density at radius 1 is 1.44 bits per heavy atom. The minimum atomic E-state index is 0.257. The summed E-state index contributed by atoms with van der Waals surface area (Å²) >= 11 is 3.43. The Bertz CT molecular complexity index is 439. The number of carbonyl (C=O) groups is 1. The summed E-state index contributed by atoms with van der Waals surface area (Å²) in [7, 11) is 0. The first kappa shape index (κ1) is 13.4. The lowest BCUT2D eigenvalue weighted by Crippen LogP contribution is -2.25. The number of anilines is 1. The van der Waals surface area contributed by atoms with Gasteiger partial charge in [0.25, 0.3) is 0 Å². The van der Waals surface area contributed by atoms with Crippen LogP contribution in [0.3, 0.4) is 0 Å². The Morgan fingerprint density at radius 3 is 2.72 bits per heavy atom. The molecule has 2 rings (SSSR count). The van der Waals surface area contributed by atoms with Gasteiger partial charge in [0, 0.05) is 29.7 Å². The number of nitrogens with zero attached hydrogens (tertiary/aromatic N) is 1. The lowest BCUT2D eigenvalue weighted by Gasteiger charge is -2.18. The van der Waals surface area contributed by atoms with Crippen LogP contribution >= 0.6 is 15.9 Å². The van der Waals surface area contributed by atoms with Crippen LogP contribution in [0, 0.1) is 11.8 Å².